The van der Waals surface area contributed by atoms with Gasteiger partial charge >= 0.3 is 0 Å². The molecule has 1 fully saturated rings. The number of hydrogen-bond donors (Lipinski definition) is 0. The molecule has 0 bridgehead atoms. The zero-order chi connectivity index (χ0) is 13.2. The molecule has 1 aliphatic heterocycles. The molecule has 0 spiro atoms. The Kier molecular flexibility index (Phi) is 3.82. The Morgan fingerprint density at radius 2 is 2.33 bits per heavy atom. The molecule has 0 aliphatic carbocycles. The van der Waals surface area contributed by atoms with E-state index in [0.29, 0.717) is 25.6 Å². The van der Waals surface area contributed by atoms with Crippen molar-refractivity contribution < 1.29 is 17.5 Å². The van der Waals surface area contributed by atoms with Crippen LogP contribution in [0, 0.1) is 11.7 Å². The SMILES string of the molecule is CS(=O)(=O)N1CCC(COc2ccc(F)cn2)C1. The van der Waals surface area contributed by atoms with Gasteiger partial charge in [0.2, 0.25) is 15.9 Å². The Bertz CT molecular complexity index is 504. The van der Waals surface area contributed by atoms with Gasteiger partial charge < -0.3 is 4.74 Å². The highest BCUT2D eigenvalue weighted by molar-refractivity contribution is 7.88. The van der Waals surface area contributed by atoms with Crippen LogP contribution in [0.1, 0.15) is 6.42 Å². The van der Waals surface area contributed by atoms with Crippen LogP contribution in [0.25, 0.3) is 0 Å². The summed E-state index contributed by atoms with van der Waals surface area (Å²) < 4.78 is 42.1. The van der Waals surface area contributed by atoms with E-state index in [4.69, 9.17) is 4.74 Å². The molecule has 1 unspecified atom stereocenters. The molecule has 0 radical (unpaired) electrons. The van der Waals surface area contributed by atoms with E-state index >= 15 is 0 Å². The lowest BCUT2D eigenvalue weighted by Gasteiger charge is -2.13. The molecule has 0 saturated carbocycles. The second-order valence-electron chi connectivity index (χ2n) is 4.40. The number of nitrogens with zero attached hydrogens (tertiary/aromatic N) is 2. The summed E-state index contributed by atoms with van der Waals surface area (Å²) in [7, 11) is -3.11. The summed E-state index contributed by atoms with van der Waals surface area (Å²) in [5, 5.41) is 0. The van der Waals surface area contributed by atoms with Gasteiger partial charge in [-0.15, -0.1) is 0 Å². The van der Waals surface area contributed by atoms with E-state index < -0.39 is 15.8 Å². The largest absolute Gasteiger partial charge is 0.477 e. The van der Waals surface area contributed by atoms with Crippen molar-refractivity contribution in [3.63, 3.8) is 0 Å². The lowest BCUT2D eigenvalue weighted by Crippen LogP contribution is -2.28. The first-order chi connectivity index (χ1) is 8.45. The maximum absolute atomic E-state index is 12.6. The normalized spacial score (nSPS) is 21.1. The molecule has 7 heteroatoms. The number of hydrogen-bond acceptors (Lipinski definition) is 4. The first-order valence-corrected chi connectivity index (χ1v) is 7.49. The molecule has 1 saturated heterocycles. The van der Waals surface area contributed by atoms with Gasteiger partial charge in [0.25, 0.3) is 0 Å². The summed E-state index contributed by atoms with van der Waals surface area (Å²) >= 11 is 0. The Balaban J connectivity index is 1.84. The van der Waals surface area contributed by atoms with Crippen molar-refractivity contribution >= 4 is 10.0 Å². The first-order valence-electron chi connectivity index (χ1n) is 5.64. The van der Waals surface area contributed by atoms with Crippen molar-refractivity contribution in [1.29, 1.82) is 0 Å². The minimum absolute atomic E-state index is 0.159. The van der Waals surface area contributed by atoms with Crippen LogP contribution in [0.2, 0.25) is 0 Å². The zero-order valence-corrected chi connectivity index (χ0v) is 10.9. The third-order valence-electron chi connectivity index (χ3n) is 2.88. The van der Waals surface area contributed by atoms with Crippen molar-refractivity contribution in [2.24, 2.45) is 5.92 Å². The van der Waals surface area contributed by atoms with Crippen molar-refractivity contribution in [2.75, 3.05) is 26.0 Å². The average molecular weight is 274 g/mol. The van der Waals surface area contributed by atoms with Crippen LogP contribution in [-0.4, -0.2) is 43.7 Å². The number of halogens is 1. The van der Waals surface area contributed by atoms with Crippen LogP contribution >= 0.6 is 0 Å². The maximum Gasteiger partial charge on any atom is 0.213 e. The summed E-state index contributed by atoms with van der Waals surface area (Å²) in [6.07, 6.45) is 3.07. The second-order valence-corrected chi connectivity index (χ2v) is 6.38. The lowest BCUT2D eigenvalue weighted by molar-refractivity contribution is 0.246. The van der Waals surface area contributed by atoms with E-state index in [0.717, 1.165) is 12.6 Å². The Hall–Kier alpha value is -1.21. The highest BCUT2D eigenvalue weighted by Gasteiger charge is 2.28. The van der Waals surface area contributed by atoms with Crippen molar-refractivity contribution in [2.45, 2.75) is 6.42 Å². The molecule has 0 N–H and O–H groups in total. The molecule has 1 atom stereocenters. The molecule has 2 heterocycles. The Morgan fingerprint density at radius 3 is 2.89 bits per heavy atom. The third kappa shape index (κ3) is 3.39. The van der Waals surface area contributed by atoms with E-state index in [9.17, 15) is 12.8 Å². The molecular formula is C11H15FN2O3S. The number of ether oxygens (including phenoxy) is 1. The highest BCUT2D eigenvalue weighted by Crippen LogP contribution is 2.19. The number of pyridine rings is 1. The van der Waals surface area contributed by atoms with Gasteiger partial charge in [-0.1, -0.05) is 0 Å². The van der Waals surface area contributed by atoms with Gasteiger partial charge in [0.1, 0.15) is 5.82 Å². The fourth-order valence-corrected chi connectivity index (χ4v) is 2.80. The van der Waals surface area contributed by atoms with Gasteiger partial charge in [-0.05, 0) is 12.5 Å². The molecule has 1 aromatic rings. The van der Waals surface area contributed by atoms with Gasteiger partial charge in [0.15, 0.2) is 0 Å². The zero-order valence-electron chi connectivity index (χ0n) is 10.0. The van der Waals surface area contributed by atoms with E-state index in [1.807, 2.05) is 0 Å². The van der Waals surface area contributed by atoms with Crippen LogP contribution in [0.3, 0.4) is 0 Å². The van der Waals surface area contributed by atoms with Crippen LogP contribution < -0.4 is 4.74 Å². The topological polar surface area (TPSA) is 59.5 Å². The summed E-state index contributed by atoms with van der Waals surface area (Å²) in [5.74, 6) is 0.104. The summed E-state index contributed by atoms with van der Waals surface area (Å²) in [4.78, 5) is 3.78. The third-order valence-corrected chi connectivity index (χ3v) is 4.15. The molecule has 100 valence electrons. The predicted octanol–water partition coefficient (Wildman–Crippen LogP) is 0.881. The molecule has 0 aromatic carbocycles. The van der Waals surface area contributed by atoms with Gasteiger partial charge in [0.05, 0.1) is 19.1 Å². The summed E-state index contributed by atoms with van der Waals surface area (Å²) in [5.41, 5.74) is 0. The van der Waals surface area contributed by atoms with Crippen LogP contribution in [0.15, 0.2) is 18.3 Å². The summed E-state index contributed by atoms with van der Waals surface area (Å²) in [6.45, 7) is 1.40. The monoisotopic (exact) mass is 274 g/mol. The molecule has 1 aromatic heterocycles. The maximum atomic E-state index is 12.6. The van der Waals surface area contributed by atoms with E-state index in [1.54, 1.807) is 0 Å². The highest BCUT2D eigenvalue weighted by atomic mass is 32.2. The van der Waals surface area contributed by atoms with Crippen molar-refractivity contribution in [1.82, 2.24) is 9.29 Å². The molecule has 2 rings (SSSR count). The van der Waals surface area contributed by atoms with Crippen LogP contribution in [0.5, 0.6) is 5.88 Å². The van der Waals surface area contributed by atoms with E-state index in [2.05, 4.69) is 4.98 Å². The minimum atomic E-state index is -3.11. The van der Waals surface area contributed by atoms with Gasteiger partial charge in [-0.25, -0.2) is 22.1 Å². The fourth-order valence-electron chi connectivity index (χ4n) is 1.89. The van der Waals surface area contributed by atoms with E-state index in [-0.39, 0.29) is 5.92 Å². The standard InChI is InChI=1S/C11H15FN2O3S/c1-18(15,16)14-5-4-9(7-14)8-17-11-3-2-10(12)6-13-11/h2-3,6,9H,4-5,7-8H2,1H3. The number of sulfonamides is 1. The lowest BCUT2D eigenvalue weighted by atomic mass is 10.1. The van der Waals surface area contributed by atoms with Crippen LogP contribution in [0.4, 0.5) is 4.39 Å². The van der Waals surface area contributed by atoms with E-state index in [1.165, 1.54) is 22.7 Å². The predicted molar refractivity (Wildman–Crippen MR) is 64.2 cm³/mol. The van der Waals surface area contributed by atoms with Gasteiger partial charge in [-0.2, -0.15) is 0 Å². The molecule has 18 heavy (non-hydrogen) atoms. The van der Waals surface area contributed by atoms with Crippen molar-refractivity contribution in [3.05, 3.63) is 24.1 Å². The van der Waals surface area contributed by atoms with Gasteiger partial charge in [0, 0.05) is 25.1 Å². The minimum Gasteiger partial charge on any atom is -0.477 e. The fraction of sp³-hybridized carbons (Fsp3) is 0.545. The molecule has 1 aliphatic rings. The molecule has 5 nitrogen and oxygen atoms in total. The average Bonchev–Trinajstić information content (AvgIpc) is 2.77. The molecule has 0 amide bonds. The first kappa shape index (κ1) is 13.2. The smallest absolute Gasteiger partial charge is 0.213 e. The Labute approximate surface area is 106 Å². The Morgan fingerprint density at radius 1 is 1.56 bits per heavy atom. The van der Waals surface area contributed by atoms with Crippen LogP contribution in [-0.2, 0) is 10.0 Å². The van der Waals surface area contributed by atoms with Gasteiger partial charge in [-0.3, -0.25) is 0 Å². The van der Waals surface area contributed by atoms with Crippen molar-refractivity contribution in [3.8, 4) is 5.88 Å². The quantitative estimate of drug-likeness (QED) is 0.818. The molecular weight excluding hydrogens is 259 g/mol. The number of rotatable bonds is 4. The second kappa shape index (κ2) is 5.19. The summed E-state index contributed by atoms with van der Waals surface area (Å²) in [6, 6.07) is 2.73. The number of aromatic nitrogens is 1.